The van der Waals surface area contributed by atoms with Gasteiger partial charge >= 0.3 is 5.97 Å². The van der Waals surface area contributed by atoms with Crippen molar-refractivity contribution in [2.75, 3.05) is 13.2 Å². The third kappa shape index (κ3) is 1.70. The van der Waals surface area contributed by atoms with Crippen molar-refractivity contribution < 1.29 is 14.6 Å². The van der Waals surface area contributed by atoms with Gasteiger partial charge < -0.3 is 14.4 Å². The summed E-state index contributed by atoms with van der Waals surface area (Å²) in [7, 11) is 0. The number of carboxylic acids is 1. The predicted octanol–water partition coefficient (Wildman–Crippen LogP) is 0.228. The fourth-order valence-electron chi connectivity index (χ4n) is 1.26. The molecule has 13 heavy (non-hydrogen) atoms. The maximum absolute atomic E-state index is 10.5. The summed E-state index contributed by atoms with van der Waals surface area (Å²) in [5.74, 6) is -0.473. The van der Waals surface area contributed by atoms with Crippen molar-refractivity contribution >= 4 is 5.97 Å². The van der Waals surface area contributed by atoms with Gasteiger partial charge in [-0.15, -0.1) is 0 Å². The number of hydrogen-bond donors (Lipinski definition) is 1. The fourth-order valence-corrected chi connectivity index (χ4v) is 1.26. The number of hydrogen-bond acceptors (Lipinski definition) is 3. The van der Waals surface area contributed by atoms with Gasteiger partial charge in [0, 0.05) is 18.7 Å². The Labute approximate surface area is 75.0 Å². The Bertz CT molecular complexity index is 317. The van der Waals surface area contributed by atoms with Crippen molar-refractivity contribution in [3.8, 4) is 0 Å². The first-order chi connectivity index (χ1) is 6.25. The Morgan fingerprint density at radius 3 is 3.00 bits per heavy atom. The lowest BCUT2D eigenvalue weighted by molar-refractivity contribution is -0.0394. The minimum Gasteiger partial charge on any atom is -0.476 e. The molecule has 0 saturated carbocycles. The molecule has 0 bridgehead atoms. The average molecular weight is 182 g/mol. The largest absolute Gasteiger partial charge is 0.476 e. The summed E-state index contributed by atoms with van der Waals surface area (Å²) in [4.78, 5) is 14.2. The van der Waals surface area contributed by atoms with Gasteiger partial charge in [-0.25, -0.2) is 9.78 Å². The number of ether oxygens (including phenoxy) is 1. The van der Waals surface area contributed by atoms with Gasteiger partial charge in [-0.05, 0) is 0 Å². The van der Waals surface area contributed by atoms with Crippen LogP contribution in [-0.2, 0) is 11.3 Å². The van der Waals surface area contributed by atoms with Crippen LogP contribution in [-0.4, -0.2) is 33.8 Å². The summed E-state index contributed by atoms with van der Waals surface area (Å²) < 4.78 is 6.80. The second-order valence-corrected chi connectivity index (χ2v) is 3.16. The van der Waals surface area contributed by atoms with Crippen LogP contribution in [0.5, 0.6) is 0 Å². The summed E-state index contributed by atoms with van der Waals surface area (Å²) in [6.45, 7) is 2.32. The first-order valence-electron chi connectivity index (χ1n) is 4.08. The summed E-state index contributed by atoms with van der Waals surface area (Å²) >= 11 is 0. The van der Waals surface area contributed by atoms with Gasteiger partial charge in [-0.1, -0.05) is 0 Å². The lowest BCUT2D eigenvalue weighted by atomic mass is 10.1. The Hall–Kier alpha value is -1.36. The molecule has 0 atom stereocenters. The van der Waals surface area contributed by atoms with Crippen molar-refractivity contribution in [3.05, 3.63) is 18.2 Å². The van der Waals surface area contributed by atoms with Crippen molar-refractivity contribution in [1.29, 1.82) is 0 Å². The second kappa shape index (κ2) is 3.18. The van der Waals surface area contributed by atoms with E-state index in [1.54, 1.807) is 17.1 Å². The first kappa shape index (κ1) is 8.25. The highest BCUT2D eigenvalue weighted by molar-refractivity contribution is 5.84. The Kier molecular flexibility index (Phi) is 2.02. The van der Waals surface area contributed by atoms with Crippen LogP contribution in [0.4, 0.5) is 0 Å². The van der Waals surface area contributed by atoms with Gasteiger partial charge in [-0.2, -0.15) is 0 Å². The molecule has 70 valence electrons. The zero-order valence-electron chi connectivity index (χ0n) is 7.01. The van der Waals surface area contributed by atoms with Crippen molar-refractivity contribution in [2.45, 2.75) is 6.54 Å². The van der Waals surface area contributed by atoms with Gasteiger partial charge in [-0.3, -0.25) is 0 Å². The number of aromatic carboxylic acids is 1. The van der Waals surface area contributed by atoms with Crippen LogP contribution >= 0.6 is 0 Å². The molecule has 5 heteroatoms. The summed E-state index contributed by atoms with van der Waals surface area (Å²) in [6.07, 6.45) is 3.09. The molecular formula is C8H10N2O3. The molecule has 5 nitrogen and oxygen atoms in total. The smallest absolute Gasteiger partial charge is 0.356 e. The number of carboxylic acid groups (broad SMARTS) is 1. The topological polar surface area (TPSA) is 64.3 Å². The molecule has 0 amide bonds. The molecular weight excluding hydrogens is 172 g/mol. The number of nitrogens with zero attached hydrogens (tertiary/aromatic N) is 2. The van der Waals surface area contributed by atoms with Crippen molar-refractivity contribution in [2.24, 2.45) is 5.92 Å². The van der Waals surface area contributed by atoms with Gasteiger partial charge in [0.1, 0.15) is 0 Å². The Morgan fingerprint density at radius 2 is 2.54 bits per heavy atom. The Balaban J connectivity index is 2.00. The molecule has 1 aromatic heterocycles. The molecule has 0 spiro atoms. The van der Waals surface area contributed by atoms with Crippen LogP contribution in [0.2, 0.25) is 0 Å². The zero-order valence-corrected chi connectivity index (χ0v) is 7.01. The van der Waals surface area contributed by atoms with Crippen LogP contribution in [0.1, 0.15) is 10.5 Å². The SMILES string of the molecule is O=C(O)c1cn(CC2COC2)cn1. The van der Waals surface area contributed by atoms with E-state index in [9.17, 15) is 4.79 Å². The van der Waals surface area contributed by atoms with Gasteiger partial charge in [0.2, 0.25) is 0 Å². The van der Waals surface area contributed by atoms with Crippen LogP contribution in [0.25, 0.3) is 0 Å². The van der Waals surface area contributed by atoms with Crippen molar-refractivity contribution in [1.82, 2.24) is 9.55 Å². The molecule has 0 unspecified atom stereocenters. The number of rotatable bonds is 3. The predicted molar refractivity (Wildman–Crippen MR) is 43.5 cm³/mol. The lowest BCUT2D eigenvalue weighted by Crippen LogP contribution is -2.31. The standard InChI is InChI=1S/C8H10N2O3/c11-8(12)7-2-10(5-9-7)1-6-3-13-4-6/h2,5-6H,1,3-4H2,(H,11,12). The molecule has 1 fully saturated rings. The molecule has 1 N–H and O–H groups in total. The van der Waals surface area contributed by atoms with E-state index < -0.39 is 5.97 Å². The minimum absolute atomic E-state index is 0.0974. The average Bonchev–Trinajstić information content (AvgIpc) is 2.44. The molecule has 1 aromatic rings. The highest BCUT2D eigenvalue weighted by Gasteiger charge is 2.19. The van der Waals surface area contributed by atoms with E-state index in [1.807, 2.05) is 0 Å². The fraction of sp³-hybridized carbons (Fsp3) is 0.500. The lowest BCUT2D eigenvalue weighted by Gasteiger charge is -2.25. The third-order valence-corrected chi connectivity index (χ3v) is 2.03. The molecule has 1 aliphatic heterocycles. The highest BCUT2D eigenvalue weighted by atomic mass is 16.5. The Morgan fingerprint density at radius 1 is 1.77 bits per heavy atom. The van der Waals surface area contributed by atoms with Crippen LogP contribution in [0.15, 0.2) is 12.5 Å². The van der Waals surface area contributed by atoms with Gasteiger partial charge in [0.25, 0.3) is 0 Å². The molecule has 0 radical (unpaired) electrons. The van der Waals surface area contributed by atoms with Crippen LogP contribution < -0.4 is 0 Å². The second-order valence-electron chi connectivity index (χ2n) is 3.16. The van der Waals surface area contributed by atoms with E-state index in [4.69, 9.17) is 9.84 Å². The van der Waals surface area contributed by atoms with Crippen LogP contribution in [0, 0.1) is 5.92 Å². The van der Waals surface area contributed by atoms with Gasteiger partial charge in [0.15, 0.2) is 5.69 Å². The van der Waals surface area contributed by atoms with Gasteiger partial charge in [0.05, 0.1) is 19.5 Å². The maximum Gasteiger partial charge on any atom is 0.356 e. The first-order valence-corrected chi connectivity index (χ1v) is 4.08. The quantitative estimate of drug-likeness (QED) is 0.726. The highest BCUT2D eigenvalue weighted by Crippen LogP contribution is 2.12. The molecule has 2 heterocycles. The number of aromatic nitrogens is 2. The van der Waals surface area contributed by atoms with E-state index in [-0.39, 0.29) is 5.69 Å². The molecule has 0 aliphatic carbocycles. The van der Waals surface area contributed by atoms with E-state index in [0.717, 1.165) is 19.8 Å². The van der Waals surface area contributed by atoms with E-state index in [1.165, 1.54) is 0 Å². The normalized spacial score (nSPS) is 16.9. The number of carbonyl (C=O) groups is 1. The summed E-state index contributed by atoms with van der Waals surface area (Å²) in [5, 5.41) is 8.60. The maximum atomic E-state index is 10.5. The van der Waals surface area contributed by atoms with E-state index >= 15 is 0 Å². The minimum atomic E-state index is -0.983. The van der Waals surface area contributed by atoms with E-state index in [2.05, 4.69) is 4.98 Å². The molecule has 1 saturated heterocycles. The summed E-state index contributed by atoms with van der Waals surface area (Å²) in [6, 6.07) is 0. The van der Waals surface area contributed by atoms with Crippen molar-refractivity contribution in [3.63, 3.8) is 0 Å². The zero-order chi connectivity index (χ0) is 9.26. The van der Waals surface area contributed by atoms with Crippen LogP contribution in [0.3, 0.4) is 0 Å². The molecule has 2 rings (SSSR count). The van der Waals surface area contributed by atoms with E-state index in [0.29, 0.717) is 5.92 Å². The monoisotopic (exact) mass is 182 g/mol. The summed E-state index contributed by atoms with van der Waals surface area (Å²) in [5.41, 5.74) is 0.0974. The third-order valence-electron chi connectivity index (χ3n) is 2.03. The molecule has 0 aromatic carbocycles. The molecule has 1 aliphatic rings. The number of imidazole rings is 1.